The van der Waals surface area contributed by atoms with Crippen LogP contribution in [-0.4, -0.2) is 28.4 Å². The van der Waals surface area contributed by atoms with Gasteiger partial charge in [0, 0.05) is 0 Å². The maximum atomic E-state index is 13.3. The van der Waals surface area contributed by atoms with Gasteiger partial charge in [0.1, 0.15) is 5.54 Å². The third-order valence-corrected chi connectivity index (χ3v) is 5.77. The fraction of sp³-hybridized carbons (Fsp3) is 0.192. The van der Waals surface area contributed by atoms with Gasteiger partial charge in [0.25, 0.3) is 11.8 Å². The van der Waals surface area contributed by atoms with E-state index in [4.69, 9.17) is 0 Å². The number of aryl methyl sites for hydroxylation is 1. The summed E-state index contributed by atoms with van der Waals surface area (Å²) < 4.78 is 0. The summed E-state index contributed by atoms with van der Waals surface area (Å²) in [7, 11) is 0. The summed E-state index contributed by atoms with van der Waals surface area (Å²) in [5, 5.41) is 3.56. The van der Waals surface area contributed by atoms with E-state index in [-0.39, 0.29) is 0 Å². The van der Waals surface area contributed by atoms with E-state index in [0.29, 0.717) is 12.8 Å². The number of benzene rings is 3. The molecular weight excluding hydrogens is 402 g/mol. The highest BCUT2D eigenvalue weighted by atomic mass is 16.2. The summed E-state index contributed by atoms with van der Waals surface area (Å²) in [5.41, 5.74) is 4.10. The van der Waals surface area contributed by atoms with Crippen molar-refractivity contribution in [1.29, 1.82) is 0 Å². The Bertz CT molecular complexity index is 1060. The van der Waals surface area contributed by atoms with Crippen molar-refractivity contribution in [3.05, 3.63) is 108 Å². The zero-order chi connectivity index (χ0) is 22.6. The van der Waals surface area contributed by atoms with Gasteiger partial charge in [-0.05, 0) is 36.5 Å². The van der Waals surface area contributed by atoms with Crippen LogP contribution in [0.15, 0.2) is 91.0 Å². The molecule has 1 aliphatic rings. The normalized spacial score (nSPS) is 18.0. The molecule has 3 aromatic carbocycles. The van der Waals surface area contributed by atoms with E-state index in [1.165, 1.54) is 0 Å². The fourth-order valence-electron chi connectivity index (χ4n) is 3.96. The largest absolute Gasteiger partial charge is 0.344 e. The number of nitrogens with one attached hydrogen (secondary N) is 2. The number of amides is 4. The van der Waals surface area contributed by atoms with Gasteiger partial charge in [0.2, 0.25) is 0 Å². The van der Waals surface area contributed by atoms with Gasteiger partial charge in [0.15, 0.2) is 0 Å². The van der Waals surface area contributed by atoms with Crippen LogP contribution in [0.3, 0.4) is 0 Å². The van der Waals surface area contributed by atoms with Gasteiger partial charge in [-0.25, -0.2) is 4.79 Å². The van der Waals surface area contributed by atoms with E-state index in [9.17, 15) is 14.4 Å². The van der Waals surface area contributed by atoms with Crippen molar-refractivity contribution < 1.29 is 14.4 Å². The van der Waals surface area contributed by atoms with Crippen molar-refractivity contribution in [1.82, 2.24) is 15.8 Å². The minimum absolute atomic E-state index is 0.425. The Kier molecular flexibility index (Phi) is 6.03. The highest BCUT2D eigenvalue weighted by Gasteiger charge is 2.48. The Labute approximate surface area is 187 Å². The van der Waals surface area contributed by atoms with E-state index >= 15 is 0 Å². The molecule has 6 heteroatoms. The van der Waals surface area contributed by atoms with Crippen molar-refractivity contribution in [2.24, 2.45) is 0 Å². The van der Waals surface area contributed by atoms with Crippen molar-refractivity contribution >= 4 is 17.8 Å². The molecule has 0 aliphatic carbocycles. The summed E-state index contributed by atoms with van der Waals surface area (Å²) >= 11 is 0. The molecule has 1 atom stereocenters. The molecule has 32 heavy (non-hydrogen) atoms. The lowest BCUT2D eigenvalue weighted by molar-refractivity contribution is -0.139. The van der Waals surface area contributed by atoms with Gasteiger partial charge >= 0.3 is 6.03 Å². The van der Waals surface area contributed by atoms with Gasteiger partial charge in [-0.1, -0.05) is 91.0 Å². The summed E-state index contributed by atoms with van der Waals surface area (Å²) in [6.07, 6.45) is 1.05. The minimum Gasteiger partial charge on any atom is -0.322 e. The molecule has 4 amide bonds. The molecule has 0 bridgehead atoms. The first-order valence-corrected chi connectivity index (χ1v) is 10.6. The summed E-state index contributed by atoms with van der Waals surface area (Å²) in [6, 6.07) is 27.7. The number of carbonyl (C=O) groups excluding carboxylic acids is 3. The fourth-order valence-corrected chi connectivity index (χ4v) is 3.96. The van der Waals surface area contributed by atoms with Crippen molar-refractivity contribution in [2.45, 2.75) is 31.2 Å². The number of urea groups is 1. The van der Waals surface area contributed by atoms with Crippen LogP contribution >= 0.6 is 0 Å². The number of nitrogens with zero attached hydrogens (tertiary/aromatic N) is 1. The molecule has 162 valence electrons. The second-order valence-electron chi connectivity index (χ2n) is 8.12. The highest BCUT2D eigenvalue weighted by molar-refractivity contribution is 6.08. The number of hydrogen-bond acceptors (Lipinski definition) is 3. The third-order valence-electron chi connectivity index (χ3n) is 5.77. The molecule has 4 rings (SSSR count). The Morgan fingerprint density at radius 1 is 0.875 bits per heavy atom. The second kappa shape index (κ2) is 9.06. The first-order valence-electron chi connectivity index (χ1n) is 10.6. The average Bonchev–Trinajstić information content (AvgIpc) is 3.03. The Balaban J connectivity index is 1.52. The highest BCUT2D eigenvalue weighted by Crippen LogP contribution is 2.27. The van der Waals surface area contributed by atoms with E-state index in [1.54, 1.807) is 6.92 Å². The Morgan fingerprint density at radius 3 is 1.91 bits per heavy atom. The van der Waals surface area contributed by atoms with Crippen LogP contribution in [-0.2, 0) is 16.0 Å². The minimum atomic E-state index is -1.09. The van der Waals surface area contributed by atoms with Crippen LogP contribution in [0.25, 0.3) is 0 Å². The van der Waals surface area contributed by atoms with Crippen molar-refractivity contribution in [3.8, 4) is 0 Å². The van der Waals surface area contributed by atoms with Gasteiger partial charge in [0.05, 0.1) is 5.92 Å². The molecule has 0 aromatic heterocycles. The zero-order valence-corrected chi connectivity index (χ0v) is 17.8. The predicted molar refractivity (Wildman–Crippen MR) is 121 cm³/mol. The average molecular weight is 428 g/mol. The lowest BCUT2D eigenvalue weighted by Crippen LogP contribution is -2.50. The standard InChI is InChI=1S/C26H25N3O3/c1-26(18-17-19-11-5-2-6-12-19)24(31)29(25(32)27-26)28-23(30)22(20-13-7-3-8-14-20)21-15-9-4-10-16-21/h2-16,22H,17-18H2,1H3,(H,27,32)(H,28,30). The molecule has 0 saturated carbocycles. The quantitative estimate of drug-likeness (QED) is 0.563. The number of carbonyl (C=O) groups is 3. The van der Waals surface area contributed by atoms with E-state index in [2.05, 4.69) is 10.7 Å². The van der Waals surface area contributed by atoms with E-state index < -0.39 is 29.3 Å². The number of imide groups is 1. The van der Waals surface area contributed by atoms with E-state index in [1.807, 2.05) is 91.0 Å². The Hall–Kier alpha value is -3.93. The summed E-state index contributed by atoms with van der Waals surface area (Å²) in [5.74, 6) is -1.57. The maximum Gasteiger partial charge on any atom is 0.344 e. The van der Waals surface area contributed by atoms with Gasteiger partial charge in [-0.2, -0.15) is 5.01 Å². The molecule has 1 aliphatic heterocycles. The number of hydrazine groups is 1. The molecular formula is C26H25N3O3. The molecule has 1 heterocycles. The smallest absolute Gasteiger partial charge is 0.322 e. The monoisotopic (exact) mass is 427 g/mol. The van der Waals surface area contributed by atoms with Crippen LogP contribution in [0, 0.1) is 0 Å². The predicted octanol–water partition coefficient (Wildman–Crippen LogP) is 3.79. The van der Waals surface area contributed by atoms with E-state index in [0.717, 1.165) is 21.7 Å². The lowest BCUT2D eigenvalue weighted by atomic mass is 9.90. The molecule has 1 unspecified atom stereocenters. The van der Waals surface area contributed by atoms with Crippen molar-refractivity contribution in [2.75, 3.05) is 0 Å². The van der Waals surface area contributed by atoms with Crippen LogP contribution in [0.2, 0.25) is 0 Å². The Morgan fingerprint density at radius 2 is 1.38 bits per heavy atom. The van der Waals surface area contributed by atoms with Crippen LogP contribution in [0.5, 0.6) is 0 Å². The van der Waals surface area contributed by atoms with Gasteiger partial charge < -0.3 is 5.32 Å². The SMILES string of the molecule is CC1(CCc2ccccc2)NC(=O)N(NC(=O)C(c2ccccc2)c2ccccc2)C1=O. The topological polar surface area (TPSA) is 78.5 Å². The first-order chi connectivity index (χ1) is 15.5. The third kappa shape index (κ3) is 4.39. The van der Waals surface area contributed by atoms with Crippen molar-refractivity contribution in [3.63, 3.8) is 0 Å². The molecule has 3 aromatic rings. The number of hydrogen-bond donors (Lipinski definition) is 2. The zero-order valence-electron chi connectivity index (χ0n) is 17.8. The first kappa shape index (κ1) is 21.3. The lowest BCUT2D eigenvalue weighted by Gasteiger charge is -2.23. The molecule has 2 N–H and O–H groups in total. The van der Waals surface area contributed by atoms with Gasteiger partial charge in [-0.3, -0.25) is 15.0 Å². The van der Waals surface area contributed by atoms with Crippen LogP contribution < -0.4 is 10.7 Å². The number of rotatable bonds is 7. The molecule has 1 fully saturated rings. The molecule has 0 spiro atoms. The van der Waals surface area contributed by atoms with Crippen LogP contribution in [0.1, 0.15) is 36.0 Å². The van der Waals surface area contributed by atoms with Crippen LogP contribution in [0.4, 0.5) is 4.79 Å². The summed E-state index contributed by atoms with van der Waals surface area (Å²) in [4.78, 5) is 39.0. The molecule has 6 nitrogen and oxygen atoms in total. The van der Waals surface area contributed by atoms with Gasteiger partial charge in [-0.15, -0.1) is 0 Å². The maximum absolute atomic E-state index is 13.3. The second-order valence-corrected chi connectivity index (χ2v) is 8.12. The summed E-state index contributed by atoms with van der Waals surface area (Å²) in [6.45, 7) is 1.69. The molecule has 0 radical (unpaired) electrons. The molecule has 1 saturated heterocycles.